The molecule has 2 unspecified atom stereocenters. The van der Waals surface area contributed by atoms with E-state index in [-0.39, 0.29) is 23.5 Å². The molecule has 1 spiro atoms. The zero-order valence-corrected chi connectivity index (χ0v) is 11.6. The van der Waals surface area contributed by atoms with Gasteiger partial charge in [0.25, 0.3) is 0 Å². The maximum absolute atomic E-state index is 12.0. The first-order chi connectivity index (χ1) is 8.24. The molecule has 2 aliphatic heterocycles. The van der Waals surface area contributed by atoms with Gasteiger partial charge in [0.15, 0.2) is 0 Å². The lowest BCUT2D eigenvalue weighted by molar-refractivity contribution is -0.150. The number of ether oxygens (including phenoxy) is 1. The highest BCUT2D eigenvalue weighted by molar-refractivity contribution is 5.90. The first-order valence-corrected chi connectivity index (χ1v) is 6.53. The third kappa shape index (κ3) is 2.18. The van der Waals surface area contributed by atoms with Gasteiger partial charge in [-0.2, -0.15) is 0 Å². The number of hydrogen-bond donors (Lipinski definition) is 1. The molecule has 0 aromatic carbocycles. The van der Waals surface area contributed by atoms with Crippen molar-refractivity contribution >= 4 is 12.0 Å². The van der Waals surface area contributed by atoms with Gasteiger partial charge in [0.05, 0.1) is 5.41 Å². The van der Waals surface area contributed by atoms with E-state index in [2.05, 4.69) is 5.32 Å². The van der Waals surface area contributed by atoms with Crippen molar-refractivity contribution in [2.75, 3.05) is 13.1 Å². The molecule has 18 heavy (non-hydrogen) atoms. The second-order valence-corrected chi connectivity index (χ2v) is 6.36. The molecule has 0 aliphatic carbocycles. The smallest absolute Gasteiger partial charge is 0.410 e. The first-order valence-electron chi connectivity index (χ1n) is 6.53. The number of β-lactam (4-membered cyclic amide) rings is 1. The predicted octanol–water partition coefficient (Wildman–Crippen LogP) is 1.52. The highest BCUT2D eigenvalue weighted by Crippen LogP contribution is 2.40. The van der Waals surface area contributed by atoms with Gasteiger partial charge >= 0.3 is 6.09 Å². The second kappa shape index (κ2) is 4.14. The molecule has 2 atom stereocenters. The highest BCUT2D eigenvalue weighted by Gasteiger charge is 2.55. The summed E-state index contributed by atoms with van der Waals surface area (Å²) >= 11 is 0. The Balaban J connectivity index is 2.03. The molecule has 2 heterocycles. The van der Waals surface area contributed by atoms with E-state index in [1.807, 2.05) is 27.7 Å². The van der Waals surface area contributed by atoms with Crippen LogP contribution in [-0.2, 0) is 9.53 Å². The fourth-order valence-electron chi connectivity index (χ4n) is 2.70. The molecule has 102 valence electrons. The Morgan fingerprint density at radius 3 is 2.67 bits per heavy atom. The fraction of sp³-hybridized carbons (Fsp3) is 0.846. The summed E-state index contributed by atoms with van der Waals surface area (Å²) < 4.78 is 5.36. The van der Waals surface area contributed by atoms with E-state index in [0.717, 1.165) is 12.8 Å². The predicted molar refractivity (Wildman–Crippen MR) is 67.1 cm³/mol. The van der Waals surface area contributed by atoms with E-state index in [1.54, 1.807) is 4.90 Å². The van der Waals surface area contributed by atoms with E-state index in [0.29, 0.717) is 13.1 Å². The van der Waals surface area contributed by atoms with Crippen molar-refractivity contribution in [3.63, 3.8) is 0 Å². The van der Waals surface area contributed by atoms with E-state index in [4.69, 9.17) is 4.74 Å². The van der Waals surface area contributed by atoms with Crippen LogP contribution < -0.4 is 5.32 Å². The van der Waals surface area contributed by atoms with Crippen LogP contribution >= 0.6 is 0 Å². The average Bonchev–Trinajstić information content (AvgIpc) is 2.27. The highest BCUT2D eigenvalue weighted by atomic mass is 16.6. The van der Waals surface area contributed by atoms with Crippen molar-refractivity contribution in [3.05, 3.63) is 0 Å². The zero-order valence-electron chi connectivity index (χ0n) is 11.6. The molecule has 2 fully saturated rings. The molecule has 2 amide bonds. The Morgan fingerprint density at radius 2 is 2.17 bits per heavy atom. The number of nitrogens with zero attached hydrogens (tertiary/aromatic N) is 1. The van der Waals surface area contributed by atoms with Crippen LogP contribution in [0.4, 0.5) is 4.79 Å². The molecule has 2 saturated heterocycles. The normalized spacial score (nSPS) is 31.9. The number of piperidine rings is 1. The Hall–Kier alpha value is -1.26. The number of carbonyl (C=O) groups is 2. The van der Waals surface area contributed by atoms with Gasteiger partial charge in [-0.15, -0.1) is 0 Å². The van der Waals surface area contributed by atoms with Crippen LogP contribution in [0, 0.1) is 5.41 Å². The van der Waals surface area contributed by atoms with E-state index in [9.17, 15) is 9.59 Å². The third-order valence-electron chi connectivity index (χ3n) is 3.80. The van der Waals surface area contributed by atoms with Crippen LogP contribution in [0.2, 0.25) is 0 Å². The average molecular weight is 254 g/mol. The standard InChI is InChI=1S/C13H22N2O3/c1-9-13(10(16)14-9)6-5-7-15(8-13)11(17)18-12(2,3)4/h9H,5-8H2,1-4H3,(H,14,16). The van der Waals surface area contributed by atoms with Gasteiger partial charge in [-0.25, -0.2) is 4.79 Å². The van der Waals surface area contributed by atoms with Gasteiger partial charge in [0.2, 0.25) is 5.91 Å². The van der Waals surface area contributed by atoms with Crippen molar-refractivity contribution in [2.24, 2.45) is 5.41 Å². The largest absolute Gasteiger partial charge is 0.444 e. The van der Waals surface area contributed by atoms with Crippen molar-refractivity contribution in [1.82, 2.24) is 10.2 Å². The summed E-state index contributed by atoms with van der Waals surface area (Å²) in [6, 6.07) is 0.148. The lowest BCUT2D eigenvalue weighted by atomic mass is 9.68. The minimum Gasteiger partial charge on any atom is -0.444 e. The minimum atomic E-state index is -0.491. The van der Waals surface area contributed by atoms with E-state index >= 15 is 0 Å². The molecule has 2 aliphatic rings. The molecule has 5 nitrogen and oxygen atoms in total. The zero-order chi connectivity index (χ0) is 13.6. The van der Waals surface area contributed by atoms with Gasteiger partial charge in [0, 0.05) is 19.1 Å². The summed E-state index contributed by atoms with van der Waals surface area (Å²) in [6.07, 6.45) is 1.41. The number of nitrogens with one attached hydrogen (secondary N) is 1. The van der Waals surface area contributed by atoms with Gasteiger partial charge in [0.1, 0.15) is 5.60 Å². The molecule has 0 radical (unpaired) electrons. The summed E-state index contributed by atoms with van der Waals surface area (Å²) in [5.41, 5.74) is -0.871. The minimum absolute atomic E-state index is 0.0725. The molecule has 1 N–H and O–H groups in total. The third-order valence-corrected chi connectivity index (χ3v) is 3.80. The van der Waals surface area contributed by atoms with Gasteiger partial charge < -0.3 is 15.0 Å². The summed E-state index contributed by atoms with van der Waals surface area (Å²) in [6.45, 7) is 8.71. The lowest BCUT2D eigenvalue weighted by Crippen LogP contribution is -2.71. The van der Waals surface area contributed by atoms with Gasteiger partial charge in [-0.3, -0.25) is 4.79 Å². The lowest BCUT2D eigenvalue weighted by Gasteiger charge is -2.51. The monoisotopic (exact) mass is 254 g/mol. The molecule has 0 saturated carbocycles. The van der Waals surface area contributed by atoms with Crippen molar-refractivity contribution < 1.29 is 14.3 Å². The number of rotatable bonds is 0. The Kier molecular flexibility index (Phi) is 3.03. The van der Waals surface area contributed by atoms with Gasteiger partial charge in [-0.1, -0.05) is 0 Å². The number of hydrogen-bond acceptors (Lipinski definition) is 3. The molecule has 2 rings (SSSR count). The quantitative estimate of drug-likeness (QED) is 0.667. The Labute approximate surface area is 108 Å². The van der Waals surface area contributed by atoms with Crippen LogP contribution in [-0.4, -0.2) is 41.6 Å². The van der Waals surface area contributed by atoms with Crippen molar-refractivity contribution in [1.29, 1.82) is 0 Å². The number of amides is 2. The second-order valence-electron chi connectivity index (χ2n) is 6.36. The van der Waals surface area contributed by atoms with Crippen LogP contribution in [0.5, 0.6) is 0 Å². The molecule has 0 bridgehead atoms. The number of likely N-dealkylation sites (tertiary alicyclic amines) is 1. The van der Waals surface area contributed by atoms with Crippen molar-refractivity contribution in [3.8, 4) is 0 Å². The van der Waals surface area contributed by atoms with E-state index in [1.165, 1.54) is 0 Å². The summed E-state index contributed by atoms with van der Waals surface area (Å²) in [7, 11) is 0. The Bertz CT molecular complexity index is 375. The summed E-state index contributed by atoms with van der Waals surface area (Å²) in [5, 5.41) is 2.86. The SMILES string of the molecule is CC1NC(=O)C12CCCN(C(=O)OC(C)(C)C)C2. The number of carbonyl (C=O) groups excluding carboxylic acids is 2. The summed E-state index contributed by atoms with van der Waals surface area (Å²) in [5.74, 6) is 0.0725. The first kappa shape index (κ1) is 13.2. The molecular formula is C13H22N2O3. The molecule has 0 aromatic heterocycles. The molecule has 5 heteroatoms. The Morgan fingerprint density at radius 1 is 1.50 bits per heavy atom. The van der Waals surface area contributed by atoms with Crippen LogP contribution in [0.15, 0.2) is 0 Å². The van der Waals surface area contributed by atoms with Crippen LogP contribution in [0.1, 0.15) is 40.5 Å². The molecular weight excluding hydrogens is 232 g/mol. The van der Waals surface area contributed by atoms with E-state index < -0.39 is 5.60 Å². The van der Waals surface area contributed by atoms with Crippen LogP contribution in [0.25, 0.3) is 0 Å². The summed E-state index contributed by atoms with van der Waals surface area (Å²) in [4.78, 5) is 25.5. The molecule has 0 aromatic rings. The fourth-order valence-corrected chi connectivity index (χ4v) is 2.70. The maximum Gasteiger partial charge on any atom is 0.410 e. The maximum atomic E-state index is 12.0. The topological polar surface area (TPSA) is 58.6 Å². The van der Waals surface area contributed by atoms with Crippen LogP contribution in [0.3, 0.4) is 0 Å². The van der Waals surface area contributed by atoms with Gasteiger partial charge in [-0.05, 0) is 40.5 Å². The van der Waals surface area contributed by atoms with Crippen molar-refractivity contribution in [2.45, 2.75) is 52.2 Å².